The first-order valence-corrected chi connectivity index (χ1v) is 5.52. The van der Waals surface area contributed by atoms with E-state index in [1.165, 1.54) is 30.4 Å². The first kappa shape index (κ1) is 10.0. The molecule has 0 amide bonds. The SMILES string of the molecule is Cc1cc(Cl)cc(C2(CN)CCC2)c1. The number of aryl methyl sites for hydroxylation is 1. The van der Waals surface area contributed by atoms with E-state index in [0.29, 0.717) is 0 Å². The van der Waals surface area contributed by atoms with Gasteiger partial charge in [0.2, 0.25) is 0 Å². The predicted octanol–water partition coefficient (Wildman–Crippen LogP) is 3.03. The van der Waals surface area contributed by atoms with E-state index >= 15 is 0 Å². The molecule has 0 aliphatic heterocycles. The fourth-order valence-corrected chi connectivity index (χ4v) is 2.55. The van der Waals surface area contributed by atoms with E-state index in [1.54, 1.807) is 0 Å². The van der Waals surface area contributed by atoms with Crippen LogP contribution in [0.2, 0.25) is 5.02 Å². The van der Waals surface area contributed by atoms with Gasteiger partial charge >= 0.3 is 0 Å². The molecule has 0 radical (unpaired) electrons. The summed E-state index contributed by atoms with van der Waals surface area (Å²) in [5, 5.41) is 0.833. The fraction of sp³-hybridized carbons (Fsp3) is 0.500. The van der Waals surface area contributed by atoms with Crippen molar-refractivity contribution >= 4 is 11.6 Å². The summed E-state index contributed by atoms with van der Waals surface area (Å²) in [7, 11) is 0. The number of nitrogens with two attached hydrogens (primary N) is 1. The molecule has 2 heteroatoms. The first-order chi connectivity index (χ1) is 6.66. The summed E-state index contributed by atoms with van der Waals surface area (Å²) in [5.74, 6) is 0. The minimum absolute atomic E-state index is 0.232. The summed E-state index contributed by atoms with van der Waals surface area (Å²) < 4.78 is 0. The third-order valence-corrected chi connectivity index (χ3v) is 3.57. The molecule has 0 heterocycles. The van der Waals surface area contributed by atoms with Crippen LogP contribution in [0.25, 0.3) is 0 Å². The third-order valence-electron chi connectivity index (χ3n) is 3.36. The molecule has 1 aliphatic carbocycles. The van der Waals surface area contributed by atoms with Gasteiger partial charge in [0.25, 0.3) is 0 Å². The Morgan fingerprint density at radius 3 is 2.50 bits per heavy atom. The zero-order chi connectivity index (χ0) is 10.2. The molecule has 0 bridgehead atoms. The van der Waals surface area contributed by atoms with Crippen molar-refractivity contribution in [2.75, 3.05) is 6.54 Å². The third kappa shape index (κ3) is 1.55. The van der Waals surface area contributed by atoms with Crippen LogP contribution in [0, 0.1) is 6.92 Å². The van der Waals surface area contributed by atoms with E-state index in [-0.39, 0.29) is 5.41 Å². The minimum Gasteiger partial charge on any atom is -0.330 e. The second-order valence-corrected chi connectivity index (χ2v) is 4.79. The smallest absolute Gasteiger partial charge is 0.0411 e. The molecule has 2 N–H and O–H groups in total. The maximum Gasteiger partial charge on any atom is 0.0411 e. The number of halogens is 1. The summed E-state index contributed by atoms with van der Waals surface area (Å²) in [5.41, 5.74) is 8.65. The van der Waals surface area contributed by atoms with Gasteiger partial charge in [0.05, 0.1) is 0 Å². The molecule has 1 saturated carbocycles. The molecule has 1 fully saturated rings. The van der Waals surface area contributed by atoms with E-state index in [4.69, 9.17) is 17.3 Å². The van der Waals surface area contributed by atoms with Gasteiger partial charge in [-0.05, 0) is 43.0 Å². The van der Waals surface area contributed by atoms with Crippen molar-refractivity contribution in [1.82, 2.24) is 0 Å². The minimum atomic E-state index is 0.232. The molecule has 0 atom stereocenters. The lowest BCUT2D eigenvalue weighted by molar-refractivity contribution is 0.253. The van der Waals surface area contributed by atoms with Crippen molar-refractivity contribution < 1.29 is 0 Å². The number of hydrogen-bond acceptors (Lipinski definition) is 1. The van der Waals surface area contributed by atoms with Crippen molar-refractivity contribution in [3.8, 4) is 0 Å². The molecule has 14 heavy (non-hydrogen) atoms. The highest BCUT2D eigenvalue weighted by molar-refractivity contribution is 6.30. The average molecular weight is 210 g/mol. The highest BCUT2D eigenvalue weighted by atomic mass is 35.5. The van der Waals surface area contributed by atoms with Gasteiger partial charge in [-0.3, -0.25) is 0 Å². The van der Waals surface area contributed by atoms with Gasteiger partial charge < -0.3 is 5.73 Å². The maximum atomic E-state index is 6.05. The Morgan fingerprint density at radius 2 is 2.07 bits per heavy atom. The standard InChI is InChI=1S/C12H16ClN/c1-9-5-10(7-11(13)6-9)12(8-14)3-2-4-12/h5-7H,2-4,8,14H2,1H3. The molecular formula is C12H16ClN. The molecule has 2 rings (SSSR count). The predicted molar refractivity (Wildman–Crippen MR) is 60.8 cm³/mol. The summed E-state index contributed by atoms with van der Waals surface area (Å²) in [6.45, 7) is 2.82. The van der Waals surface area contributed by atoms with Gasteiger partial charge in [0.15, 0.2) is 0 Å². The van der Waals surface area contributed by atoms with Crippen LogP contribution in [0.3, 0.4) is 0 Å². The van der Waals surface area contributed by atoms with E-state index in [1.807, 2.05) is 6.07 Å². The van der Waals surface area contributed by atoms with Crippen LogP contribution in [0.4, 0.5) is 0 Å². The van der Waals surface area contributed by atoms with E-state index in [0.717, 1.165) is 11.6 Å². The average Bonchev–Trinajstić information content (AvgIpc) is 2.01. The largest absolute Gasteiger partial charge is 0.330 e. The lowest BCUT2D eigenvalue weighted by Crippen LogP contribution is -2.41. The van der Waals surface area contributed by atoms with Gasteiger partial charge in [-0.25, -0.2) is 0 Å². The van der Waals surface area contributed by atoms with Crippen LogP contribution in [0.15, 0.2) is 18.2 Å². The van der Waals surface area contributed by atoms with Gasteiger partial charge in [-0.15, -0.1) is 0 Å². The molecule has 1 aromatic rings. The molecular weight excluding hydrogens is 194 g/mol. The summed E-state index contributed by atoms with van der Waals surface area (Å²) >= 11 is 6.05. The Morgan fingerprint density at radius 1 is 1.36 bits per heavy atom. The van der Waals surface area contributed by atoms with Crippen molar-refractivity contribution in [3.05, 3.63) is 34.3 Å². The van der Waals surface area contributed by atoms with Gasteiger partial charge in [0, 0.05) is 17.0 Å². The Bertz CT molecular complexity index is 316. The van der Waals surface area contributed by atoms with Crippen LogP contribution in [0.5, 0.6) is 0 Å². The quantitative estimate of drug-likeness (QED) is 0.796. The molecule has 0 unspecified atom stereocenters. The molecule has 1 aliphatic rings. The van der Waals surface area contributed by atoms with E-state index < -0.39 is 0 Å². The topological polar surface area (TPSA) is 26.0 Å². The van der Waals surface area contributed by atoms with Gasteiger partial charge in [-0.2, -0.15) is 0 Å². The number of benzene rings is 1. The molecule has 0 spiro atoms. The number of rotatable bonds is 2. The second kappa shape index (κ2) is 3.56. The molecule has 0 aromatic heterocycles. The first-order valence-electron chi connectivity index (χ1n) is 5.14. The van der Waals surface area contributed by atoms with E-state index in [2.05, 4.69) is 19.1 Å². The van der Waals surface area contributed by atoms with Crippen molar-refractivity contribution in [3.63, 3.8) is 0 Å². The maximum absolute atomic E-state index is 6.05. The highest BCUT2D eigenvalue weighted by Crippen LogP contribution is 2.43. The Kier molecular flexibility index (Phi) is 2.54. The van der Waals surface area contributed by atoms with Crippen LogP contribution in [-0.4, -0.2) is 6.54 Å². The molecule has 76 valence electrons. The monoisotopic (exact) mass is 209 g/mol. The molecule has 0 saturated heterocycles. The highest BCUT2D eigenvalue weighted by Gasteiger charge is 2.37. The van der Waals surface area contributed by atoms with Crippen LogP contribution in [0.1, 0.15) is 30.4 Å². The van der Waals surface area contributed by atoms with Gasteiger partial charge in [-0.1, -0.05) is 24.1 Å². The van der Waals surface area contributed by atoms with Crippen molar-refractivity contribution in [1.29, 1.82) is 0 Å². The van der Waals surface area contributed by atoms with Crippen LogP contribution < -0.4 is 5.73 Å². The summed E-state index contributed by atoms with van der Waals surface area (Å²) in [6, 6.07) is 6.28. The summed E-state index contributed by atoms with van der Waals surface area (Å²) in [4.78, 5) is 0. The van der Waals surface area contributed by atoms with Crippen LogP contribution >= 0.6 is 11.6 Å². The zero-order valence-electron chi connectivity index (χ0n) is 8.52. The van der Waals surface area contributed by atoms with Gasteiger partial charge in [0.1, 0.15) is 0 Å². The Labute approximate surface area is 90.3 Å². The molecule has 1 aromatic carbocycles. The number of hydrogen-bond donors (Lipinski definition) is 1. The lowest BCUT2D eigenvalue weighted by atomic mass is 9.64. The Hall–Kier alpha value is -0.530. The van der Waals surface area contributed by atoms with Crippen molar-refractivity contribution in [2.24, 2.45) is 5.73 Å². The normalized spacial score (nSPS) is 19.1. The van der Waals surface area contributed by atoms with Crippen LogP contribution in [-0.2, 0) is 5.41 Å². The van der Waals surface area contributed by atoms with Crippen molar-refractivity contribution in [2.45, 2.75) is 31.6 Å². The summed E-state index contributed by atoms with van der Waals surface area (Å²) in [6.07, 6.45) is 3.72. The van der Waals surface area contributed by atoms with E-state index in [9.17, 15) is 0 Å². The Balaban J connectivity index is 2.39. The lowest BCUT2D eigenvalue weighted by Gasteiger charge is -2.41. The molecule has 1 nitrogen and oxygen atoms in total. The fourth-order valence-electron chi connectivity index (χ4n) is 2.26. The zero-order valence-corrected chi connectivity index (χ0v) is 9.27. The second-order valence-electron chi connectivity index (χ2n) is 4.36.